The molecule has 0 aliphatic heterocycles. The zero-order chi connectivity index (χ0) is 8.97. The SMILES string of the molecule is CNC(=O)CSc1nnc(N)s1. The van der Waals surface area contributed by atoms with E-state index in [0.717, 1.165) is 4.34 Å². The Labute approximate surface area is 77.7 Å². The van der Waals surface area contributed by atoms with Gasteiger partial charge in [0.1, 0.15) is 0 Å². The van der Waals surface area contributed by atoms with E-state index in [0.29, 0.717) is 10.9 Å². The van der Waals surface area contributed by atoms with Crippen molar-refractivity contribution in [3.05, 3.63) is 0 Å². The number of anilines is 1. The average molecular weight is 204 g/mol. The van der Waals surface area contributed by atoms with Gasteiger partial charge in [-0.1, -0.05) is 23.1 Å². The van der Waals surface area contributed by atoms with Crippen molar-refractivity contribution in [2.45, 2.75) is 4.34 Å². The number of nitrogen functional groups attached to an aromatic ring is 1. The maximum Gasteiger partial charge on any atom is 0.230 e. The molecule has 0 aliphatic carbocycles. The Morgan fingerprint density at radius 1 is 1.75 bits per heavy atom. The van der Waals surface area contributed by atoms with Crippen LogP contribution in [-0.2, 0) is 4.79 Å². The Hall–Kier alpha value is -0.820. The zero-order valence-electron chi connectivity index (χ0n) is 6.40. The fourth-order valence-electron chi connectivity index (χ4n) is 0.478. The highest BCUT2D eigenvalue weighted by Gasteiger charge is 2.04. The van der Waals surface area contributed by atoms with Gasteiger partial charge >= 0.3 is 0 Å². The number of thioether (sulfide) groups is 1. The molecule has 0 saturated heterocycles. The van der Waals surface area contributed by atoms with E-state index in [1.54, 1.807) is 7.05 Å². The molecule has 1 rings (SSSR count). The highest BCUT2D eigenvalue weighted by molar-refractivity contribution is 8.01. The van der Waals surface area contributed by atoms with E-state index >= 15 is 0 Å². The van der Waals surface area contributed by atoms with Gasteiger partial charge in [-0.15, -0.1) is 10.2 Å². The molecule has 0 bridgehead atoms. The van der Waals surface area contributed by atoms with Gasteiger partial charge in [0.25, 0.3) is 0 Å². The quantitative estimate of drug-likeness (QED) is 0.675. The lowest BCUT2D eigenvalue weighted by Crippen LogP contribution is -2.19. The molecule has 0 fully saturated rings. The monoisotopic (exact) mass is 204 g/mol. The summed E-state index contributed by atoms with van der Waals surface area (Å²) < 4.78 is 0.719. The third-order valence-electron chi connectivity index (χ3n) is 1.03. The summed E-state index contributed by atoms with van der Waals surface area (Å²) in [7, 11) is 1.59. The van der Waals surface area contributed by atoms with Gasteiger partial charge in [-0.3, -0.25) is 4.79 Å². The van der Waals surface area contributed by atoms with Gasteiger partial charge in [-0.2, -0.15) is 0 Å². The molecule has 5 nitrogen and oxygen atoms in total. The normalized spacial score (nSPS) is 9.75. The van der Waals surface area contributed by atoms with Crippen molar-refractivity contribution in [2.24, 2.45) is 0 Å². The van der Waals surface area contributed by atoms with E-state index in [1.165, 1.54) is 23.1 Å². The Balaban J connectivity index is 2.38. The number of carbonyl (C=O) groups excluding carboxylic acids is 1. The summed E-state index contributed by atoms with van der Waals surface area (Å²) in [5, 5.41) is 10.3. The molecule has 0 saturated carbocycles. The molecule has 0 aromatic carbocycles. The van der Waals surface area contributed by atoms with Crippen LogP contribution in [0.2, 0.25) is 0 Å². The van der Waals surface area contributed by atoms with Gasteiger partial charge < -0.3 is 11.1 Å². The van der Waals surface area contributed by atoms with E-state index in [1.807, 2.05) is 0 Å². The minimum atomic E-state index is -0.0335. The molecule has 12 heavy (non-hydrogen) atoms. The van der Waals surface area contributed by atoms with E-state index in [4.69, 9.17) is 5.73 Å². The number of carbonyl (C=O) groups is 1. The van der Waals surface area contributed by atoms with Crippen LogP contribution >= 0.6 is 23.1 Å². The number of amides is 1. The molecule has 1 aromatic rings. The molecule has 66 valence electrons. The van der Waals surface area contributed by atoms with Gasteiger partial charge in [0.15, 0.2) is 4.34 Å². The molecule has 0 aliphatic rings. The Morgan fingerprint density at radius 2 is 2.50 bits per heavy atom. The number of nitrogens with one attached hydrogen (secondary N) is 1. The van der Waals surface area contributed by atoms with E-state index < -0.39 is 0 Å². The summed E-state index contributed by atoms with van der Waals surface area (Å²) in [4.78, 5) is 10.8. The Kier molecular flexibility index (Phi) is 3.30. The van der Waals surface area contributed by atoms with Gasteiger partial charge in [0.2, 0.25) is 11.0 Å². The van der Waals surface area contributed by atoms with Gasteiger partial charge in [0, 0.05) is 7.05 Å². The van der Waals surface area contributed by atoms with Crippen LogP contribution in [0.5, 0.6) is 0 Å². The number of hydrogen-bond donors (Lipinski definition) is 2. The third-order valence-corrected chi connectivity index (χ3v) is 2.91. The lowest BCUT2D eigenvalue weighted by Gasteiger charge is -1.94. The molecule has 0 unspecified atom stereocenters. The Morgan fingerprint density at radius 3 is 3.00 bits per heavy atom. The second-order valence-electron chi connectivity index (χ2n) is 1.87. The first-order chi connectivity index (χ1) is 5.72. The summed E-state index contributed by atoms with van der Waals surface area (Å²) in [6.45, 7) is 0. The zero-order valence-corrected chi connectivity index (χ0v) is 8.04. The topological polar surface area (TPSA) is 80.9 Å². The number of nitrogens with zero attached hydrogens (tertiary/aromatic N) is 2. The molecule has 0 atom stereocenters. The minimum absolute atomic E-state index is 0.0335. The lowest BCUT2D eigenvalue weighted by atomic mass is 10.7. The van der Waals surface area contributed by atoms with E-state index in [9.17, 15) is 4.79 Å². The maximum absolute atomic E-state index is 10.8. The standard InChI is InChI=1S/C5H8N4OS2/c1-7-3(10)2-11-5-9-8-4(6)12-5/h2H2,1H3,(H2,6,8)(H,7,10). The van der Waals surface area contributed by atoms with Crippen LogP contribution in [0.3, 0.4) is 0 Å². The van der Waals surface area contributed by atoms with Crippen LogP contribution in [0.25, 0.3) is 0 Å². The fourth-order valence-corrected chi connectivity index (χ4v) is 1.99. The first kappa shape index (κ1) is 9.27. The smallest absolute Gasteiger partial charge is 0.230 e. The van der Waals surface area contributed by atoms with E-state index in [-0.39, 0.29) is 5.91 Å². The van der Waals surface area contributed by atoms with Gasteiger partial charge in [-0.05, 0) is 0 Å². The number of aromatic nitrogens is 2. The fraction of sp³-hybridized carbons (Fsp3) is 0.400. The number of rotatable bonds is 3. The summed E-state index contributed by atoms with van der Waals surface area (Å²) in [5.74, 6) is 0.319. The van der Waals surface area contributed by atoms with Gasteiger partial charge in [0.05, 0.1) is 5.75 Å². The predicted molar refractivity (Wildman–Crippen MR) is 49.1 cm³/mol. The molecular formula is C5H8N4OS2. The second kappa shape index (κ2) is 4.27. The molecule has 3 N–H and O–H groups in total. The first-order valence-corrected chi connectivity index (χ1v) is 4.95. The highest BCUT2D eigenvalue weighted by Crippen LogP contribution is 2.22. The van der Waals surface area contributed by atoms with Crippen LogP contribution in [0, 0.1) is 0 Å². The molecule has 1 heterocycles. The molecule has 1 aromatic heterocycles. The van der Waals surface area contributed by atoms with Crippen molar-refractivity contribution in [2.75, 3.05) is 18.5 Å². The van der Waals surface area contributed by atoms with Gasteiger partial charge in [-0.25, -0.2) is 0 Å². The maximum atomic E-state index is 10.8. The van der Waals surface area contributed by atoms with Crippen LogP contribution in [-0.4, -0.2) is 28.9 Å². The first-order valence-electron chi connectivity index (χ1n) is 3.14. The van der Waals surface area contributed by atoms with Crippen molar-refractivity contribution in [3.8, 4) is 0 Å². The van der Waals surface area contributed by atoms with Crippen molar-refractivity contribution < 1.29 is 4.79 Å². The van der Waals surface area contributed by atoms with Crippen molar-refractivity contribution in [3.63, 3.8) is 0 Å². The van der Waals surface area contributed by atoms with Crippen LogP contribution in [0.1, 0.15) is 0 Å². The molecule has 1 amide bonds. The summed E-state index contributed by atoms with van der Waals surface area (Å²) >= 11 is 2.61. The van der Waals surface area contributed by atoms with Crippen molar-refractivity contribution >= 4 is 34.1 Å². The average Bonchev–Trinajstić information content (AvgIpc) is 2.47. The van der Waals surface area contributed by atoms with Crippen molar-refractivity contribution in [1.29, 1.82) is 0 Å². The summed E-state index contributed by atoms with van der Waals surface area (Å²) in [6.07, 6.45) is 0. The van der Waals surface area contributed by atoms with Crippen molar-refractivity contribution in [1.82, 2.24) is 15.5 Å². The third kappa shape index (κ3) is 2.67. The second-order valence-corrected chi connectivity index (χ2v) is 4.10. The molecular weight excluding hydrogens is 196 g/mol. The van der Waals surface area contributed by atoms with Crippen LogP contribution in [0.15, 0.2) is 4.34 Å². The number of hydrogen-bond acceptors (Lipinski definition) is 6. The highest BCUT2D eigenvalue weighted by atomic mass is 32.2. The van der Waals surface area contributed by atoms with Crippen LogP contribution in [0.4, 0.5) is 5.13 Å². The summed E-state index contributed by atoms with van der Waals surface area (Å²) in [5.41, 5.74) is 5.35. The largest absolute Gasteiger partial charge is 0.374 e. The molecule has 0 spiro atoms. The lowest BCUT2D eigenvalue weighted by molar-refractivity contribution is -0.118. The number of nitrogens with two attached hydrogens (primary N) is 1. The minimum Gasteiger partial charge on any atom is -0.374 e. The Bertz CT molecular complexity index is 274. The van der Waals surface area contributed by atoms with E-state index in [2.05, 4.69) is 15.5 Å². The summed E-state index contributed by atoms with van der Waals surface area (Å²) in [6, 6.07) is 0. The molecule has 0 radical (unpaired) electrons. The van der Waals surface area contributed by atoms with Crippen LogP contribution < -0.4 is 11.1 Å². The molecule has 7 heteroatoms. The predicted octanol–water partition coefficient (Wildman–Crippen LogP) is -0.0416.